The number of likely N-dealkylation sites (N-methyl/N-ethyl adjacent to an activating group) is 1. The third-order valence-corrected chi connectivity index (χ3v) is 4.81. The van der Waals surface area contributed by atoms with E-state index in [1.807, 2.05) is 48.2 Å². The van der Waals surface area contributed by atoms with E-state index >= 15 is 0 Å². The topological polar surface area (TPSA) is 38.1 Å². The zero-order valence-corrected chi connectivity index (χ0v) is 15.7. The van der Waals surface area contributed by atoms with E-state index in [-0.39, 0.29) is 5.91 Å². The number of hydrogen-bond acceptors (Lipinski definition) is 3. The molecule has 1 amide bonds. The first-order valence-electron chi connectivity index (χ1n) is 8.30. The molecule has 3 rings (SSSR count). The fourth-order valence-corrected chi connectivity index (χ4v) is 2.96. The van der Waals surface area contributed by atoms with Crippen LogP contribution in [0.15, 0.2) is 78.2 Å². The molecular weight excluding hydrogens is 342 g/mol. The molecule has 0 fully saturated rings. The second kappa shape index (κ2) is 8.54. The normalized spacial score (nSPS) is 11.0. The average Bonchev–Trinajstić information content (AvgIpc) is 3.22. The quantitative estimate of drug-likeness (QED) is 0.485. The highest BCUT2D eigenvalue weighted by atomic mass is 32.2. The predicted octanol–water partition coefficient (Wildman–Crippen LogP) is 4.27. The summed E-state index contributed by atoms with van der Waals surface area (Å²) in [5.41, 5.74) is 3.15. The van der Waals surface area contributed by atoms with Crippen molar-refractivity contribution >= 4 is 23.7 Å². The van der Waals surface area contributed by atoms with Crippen molar-refractivity contribution in [3.05, 3.63) is 84.5 Å². The van der Waals surface area contributed by atoms with Gasteiger partial charge in [-0.3, -0.25) is 4.79 Å². The molecule has 4 nitrogen and oxygen atoms in total. The van der Waals surface area contributed by atoms with Crippen LogP contribution < -0.4 is 0 Å². The fraction of sp³-hybridized carbons (Fsp3) is 0.143. The monoisotopic (exact) mass is 363 g/mol. The average molecular weight is 363 g/mol. The minimum absolute atomic E-state index is 0.0161. The highest BCUT2D eigenvalue weighted by Gasteiger charge is 2.06. The Morgan fingerprint density at radius 1 is 1.15 bits per heavy atom. The van der Waals surface area contributed by atoms with Crippen LogP contribution in [0.5, 0.6) is 0 Å². The maximum absolute atomic E-state index is 12.3. The van der Waals surface area contributed by atoms with Crippen LogP contribution in [0.2, 0.25) is 0 Å². The molecule has 1 aromatic heterocycles. The van der Waals surface area contributed by atoms with E-state index in [0.717, 1.165) is 16.8 Å². The standard InChI is InChI=1S/C21H21N3OS/c1-23(15-18-5-10-20(26-2)11-6-18)21(25)12-7-17-3-8-19(9-4-17)24-14-13-22-16-24/h3-14,16H,15H2,1-2H3/b12-7+. The minimum atomic E-state index is -0.0161. The minimum Gasteiger partial charge on any atom is -0.338 e. The summed E-state index contributed by atoms with van der Waals surface area (Å²) in [5.74, 6) is -0.0161. The molecule has 0 saturated carbocycles. The van der Waals surface area contributed by atoms with Gasteiger partial charge in [0.05, 0.1) is 6.33 Å². The van der Waals surface area contributed by atoms with Crippen LogP contribution in [0.3, 0.4) is 0 Å². The number of benzene rings is 2. The molecule has 0 spiro atoms. The summed E-state index contributed by atoms with van der Waals surface area (Å²) in [6, 6.07) is 16.3. The number of carbonyl (C=O) groups excluding carboxylic acids is 1. The first-order valence-corrected chi connectivity index (χ1v) is 9.52. The van der Waals surface area contributed by atoms with Gasteiger partial charge in [-0.15, -0.1) is 11.8 Å². The number of imidazole rings is 1. The molecule has 0 aliphatic carbocycles. The van der Waals surface area contributed by atoms with Crippen LogP contribution in [0.1, 0.15) is 11.1 Å². The molecule has 0 bridgehead atoms. The van der Waals surface area contributed by atoms with Crippen molar-refractivity contribution < 1.29 is 4.79 Å². The van der Waals surface area contributed by atoms with Gasteiger partial charge in [-0.25, -0.2) is 4.98 Å². The molecule has 0 aliphatic heterocycles. The van der Waals surface area contributed by atoms with E-state index in [0.29, 0.717) is 6.54 Å². The van der Waals surface area contributed by atoms with Gasteiger partial charge >= 0.3 is 0 Å². The summed E-state index contributed by atoms with van der Waals surface area (Å²) in [6.07, 6.45) is 10.9. The van der Waals surface area contributed by atoms with Gasteiger partial charge in [0.15, 0.2) is 0 Å². The van der Waals surface area contributed by atoms with Gasteiger partial charge in [-0.05, 0) is 47.7 Å². The molecule has 132 valence electrons. The molecular formula is C21H21N3OS. The molecule has 2 aromatic carbocycles. The van der Waals surface area contributed by atoms with Crippen LogP contribution in [0, 0.1) is 0 Å². The number of hydrogen-bond donors (Lipinski definition) is 0. The van der Waals surface area contributed by atoms with Gasteiger partial charge in [-0.1, -0.05) is 24.3 Å². The Morgan fingerprint density at radius 3 is 2.50 bits per heavy atom. The van der Waals surface area contributed by atoms with Gasteiger partial charge in [0.1, 0.15) is 0 Å². The van der Waals surface area contributed by atoms with Gasteiger partial charge in [0.25, 0.3) is 0 Å². The summed E-state index contributed by atoms with van der Waals surface area (Å²) in [6.45, 7) is 0.595. The number of aromatic nitrogens is 2. The Hall–Kier alpha value is -2.79. The van der Waals surface area contributed by atoms with E-state index in [9.17, 15) is 4.79 Å². The van der Waals surface area contributed by atoms with Gasteiger partial charge in [0, 0.05) is 42.6 Å². The molecule has 3 aromatic rings. The van der Waals surface area contributed by atoms with Crippen molar-refractivity contribution in [1.82, 2.24) is 14.5 Å². The van der Waals surface area contributed by atoms with E-state index in [4.69, 9.17) is 0 Å². The van der Waals surface area contributed by atoms with E-state index in [1.54, 1.807) is 35.3 Å². The number of amides is 1. The second-order valence-corrected chi connectivity index (χ2v) is 6.82. The highest BCUT2D eigenvalue weighted by Crippen LogP contribution is 2.16. The van der Waals surface area contributed by atoms with Crippen molar-refractivity contribution in [2.75, 3.05) is 13.3 Å². The number of rotatable bonds is 6. The Bertz CT molecular complexity index is 869. The van der Waals surface area contributed by atoms with E-state index in [1.165, 1.54) is 4.90 Å². The molecule has 0 atom stereocenters. The Kier molecular flexibility index (Phi) is 5.92. The first kappa shape index (κ1) is 18.0. The molecule has 0 radical (unpaired) electrons. The largest absolute Gasteiger partial charge is 0.338 e. The summed E-state index contributed by atoms with van der Waals surface area (Å²) in [7, 11) is 1.82. The Labute approximate surface area is 158 Å². The summed E-state index contributed by atoms with van der Waals surface area (Å²) in [4.78, 5) is 19.3. The molecule has 26 heavy (non-hydrogen) atoms. The Balaban J connectivity index is 1.59. The SMILES string of the molecule is CSc1ccc(CN(C)C(=O)/C=C/c2ccc(-n3ccnc3)cc2)cc1. The second-order valence-electron chi connectivity index (χ2n) is 5.94. The summed E-state index contributed by atoms with van der Waals surface area (Å²) >= 11 is 1.71. The molecule has 0 saturated heterocycles. The smallest absolute Gasteiger partial charge is 0.246 e. The van der Waals surface area contributed by atoms with Gasteiger partial charge < -0.3 is 9.47 Å². The molecule has 0 unspecified atom stereocenters. The number of thioether (sulfide) groups is 1. The fourth-order valence-electron chi connectivity index (χ4n) is 2.55. The van der Waals surface area contributed by atoms with Crippen LogP contribution in [-0.4, -0.2) is 33.7 Å². The Morgan fingerprint density at radius 2 is 1.88 bits per heavy atom. The lowest BCUT2D eigenvalue weighted by molar-refractivity contribution is -0.125. The third kappa shape index (κ3) is 4.64. The third-order valence-electron chi connectivity index (χ3n) is 4.07. The highest BCUT2D eigenvalue weighted by molar-refractivity contribution is 7.98. The van der Waals surface area contributed by atoms with Crippen LogP contribution in [-0.2, 0) is 11.3 Å². The predicted molar refractivity (Wildman–Crippen MR) is 107 cm³/mol. The molecule has 0 aliphatic rings. The van der Waals surface area contributed by atoms with Gasteiger partial charge in [-0.2, -0.15) is 0 Å². The molecule has 0 N–H and O–H groups in total. The van der Waals surface area contributed by atoms with Gasteiger partial charge in [0.2, 0.25) is 5.91 Å². The van der Waals surface area contributed by atoms with Crippen LogP contribution in [0.4, 0.5) is 0 Å². The maximum Gasteiger partial charge on any atom is 0.246 e. The molecule has 5 heteroatoms. The van der Waals surface area contributed by atoms with Crippen molar-refractivity contribution in [3.8, 4) is 5.69 Å². The van der Waals surface area contributed by atoms with Crippen LogP contribution in [0.25, 0.3) is 11.8 Å². The maximum atomic E-state index is 12.3. The number of nitrogens with zero attached hydrogens (tertiary/aromatic N) is 3. The first-order chi connectivity index (χ1) is 12.7. The van der Waals surface area contributed by atoms with Crippen molar-refractivity contribution in [1.29, 1.82) is 0 Å². The lowest BCUT2D eigenvalue weighted by Crippen LogP contribution is -2.24. The van der Waals surface area contributed by atoms with Crippen molar-refractivity contribution in [3.63, 3.8) is 0 Å². The lowest BCUT2D eigenvalue weighted by atomic mass is 10.2. The lowest BCUT2D eigenvalue weighted by Gasteiger charge is -2.15. The number of carbonyl (C=O) groups is 1. The summed E-state index contributed by atoms with van der Waals surface area (Å²) < 4.78 is 1.94. The van der Waals surface area contributed by atoms with E-state index < -0.39 is 0 Å². The van der Waals surface area contributed by atoms with Crippen molar-refractivity contribution in [2.45, 2.75) is 11.4 Å². The zero-order valence-electron chi connectivity index (χ0n) is 14.9. The van der Waals surface area contributed by atoms with Crippen LogP contribution >= 0.6 is 11.8 Å². The molecule has 1 heterocycles. The van der Waals surface area contributed by atoms with Crippen molar-refractivity contribution in [2.24, 2.45) is 0 Å². The van der Waals surface area contributed by atoms with E-state index in [2.05, 4.69) is 35.5 Å². The summed E-state index contributed by atoms with van der Waals surface area (Å²) in [5, 5.41) is 0. The zero-order chi connectivity index (χ0) is 18.4.